The molecule has 2 N–H and O–H groups in total. The fourth-order valence-electron chi connectivity index (χ4n) is 4.83. The summed E-state index contributed by atoms with van der Waals surface area (Å²) in [6.07, 6.45) is 2.11. The number of carbonyl (C=O) groups excluding carboxylic acids is 3. The molecule has 5 aromatic rings. The van der Waals surface area contributed by atoms with E-state index in [1.165, 1.54) is 28.0 Å². The lowest BCUT2D eigenvalue weighted by Gasteiger charge is -2.24. The number of nitrogens with zero attached hydrogens (tertiary/aromatic N) is 4. The van der Waals surface area contributed by atoms with E-state index in [1.54, 1.807) is 43.5 Å². The van der Waals surface area contributed by atoms with Crippen LogP contribution < -0.4 is 16.2 Å². The number of carbonyl (C=O) groups is 3. The number of benzene rings is 2. The molecule has 0 bridgehead atoms. The Bertz CT molecular complexity index is 1860. The number of aryl methyl sites for hydroxylation is 1. The van der Waals surface area contributed by atoms with E-state index in [1.807, 2.05) is 9.78 Å². The lowest BCUT2D eigenvalue weighted by atomic mass is 10.1. The van der Waals surface area contributed by atoms with E-state index in [9.17, 15) is 23.6 Å². The van der Waals surface area contributed by atoms with E-state index in [0.717, 1.165) is 5.56 Å². The van der Waals surface area contributed by atoms with Crippen LogP contribution in [0.5, 0.6) is 0 Å². The molecule has 1 aliphatic rings. The first kappa shape index (κ1) is 24.6. The fraction of sp³-hybridized carbons (Fsp3) is 0.185. The van der Waals surface area contributed by atoms with Crippen LogP contribution in [-0.2, 0) is 20.8 Å². The monoisotopic (exact) mass is 544 g/mol. The molecule has 6 rings (SSSR count). The van der Waals surface area contributed by atoms with Crippen molar-refractivity contribution in [1.29, 1.82) is 0 Å². The van der Waals surface area contributed by atoms with Gasteiger partial charge < -0.3 is 5.32 Å². The van der Waals surface area contributed by atoms with Crippen molar-refractivity contribution >= 4 is 50.6 Å². The van der Waals surface area contributed by atoms with Crippen LogP contribution >= 0.6 is 11.3 Å². The highest BCUT2D eigenvalue weighted by atomic mass is 32.1. The average molecular weight is 545 g/mol. The summed E-state index contributed by atoms with van der Waals surface area (Å²) >= 11 is 1.38. The molecule has 1 atom stereocenters. The standard InChI is InChI=1S/C27H21FN6O4S/c1-14-29-18-3-2-4-19(24(18)26(38)34(14)21-9-10-22(35)32-25(21)37)30-23(36)11-17-13-39-27-31-20(12-33(17)27)15-5-7-16(28)8-6-15/h2-8,12-13,21H,9-11H2,1H3,(H,30,36)(H,32,35,37). The minimum Gasteiger partial charge on any atom is -0.325 e. The number of nitrogens with one attached hydrogen (secondary N) is 2. The molecule has 3 aromatic heterocycles. The molecule has 196 valence electrons. The molecule has 10 nitrogen and oxygen atoms in total. The van der Waals surface area contributed by atoms with Crippen molar-refractivity contribution in [2.75, 3.05) is 5.32 Å². The Labute approximate surface area is 224 Å². The molecular weight excluding hydrogens is 523 g/mol. The van der Waals surface area contributed by atoms with Crippen LogP contribution in [0.15, 0.2) is 58.8 Å². The normalized spacial score (nSPS) is 15.6. The van der Waals surface area contributed by atoms with Gasteiger partial charge in [-0.2, -0.15) is 0 Å². The van der Waals surface area contributed by atoms with Crippen LogP contribution in [-0.4, -0.2) is 36.7 Å². The summed E-state index contributed by atoms with van der Waals surface area (Å²) in [5.74, 6) is -1.29. The van der Waals surface area contributed by atoms with E-state index in [2.05, 4.69) is 20.6 Å². The molecule has 1 fully saturated rings. The summed E-state index contributed by atoms with van der Waals surface area (Å²) in [5, 5.41) is 7.11. The lowest BCUT2D eigenvalue weighted by Crippen LogP contribution is -2.45. The molecule has 3 amide bonds. The zero-order valence-corrected chi connectivity index (χ0v) is 21.4. The molecule has 1 aliphatic heterocycles. The second-order valence-electron chi connectivity index (χ2n) is 9.24. The second-order valence-corrected chi connectivity index (χ2v) is 10.1. The van der Waals surface area contributed by atoms with Gasteiger partial charge in [-0.1, -0.05) is 6.07 Å². The van der Waals surface area contributed by atoms with Gasteiger partial charge in [-0.25, -0.2) is 14.4 Å². The molecule has 39 heavy (non-hydrogen) atoms. The Hall–Kier alpha value is -4.71. The van der Waals surface area contributed by atoms with Gasteiger partial charge in [0.1, 0.15) is 17.7 Å². The van der Waals surface area contributed by atoms with Gasteiger partial charge in [0.05, 0.1) is 28.7 Å². The number of amides is 3. The van der Waals surface area contributed by atoms with Crippen molar-refractivity contribution in [2.24, 2.45) is 0 Å². The smallest absolute Gasteiger partial charge is 0.264 e. The number of piperidine rings is 1. The highest BCUT2D eigenvalue weighted by Gasteiger charge is 2.31. The maximum atomic E-state index is 13.6. The number of anilines is 1. The molecule has 0 saturated carbocycles. The van der Waals surface area contributed by atoms with Crippen molar-refractivity contribution < 1.29 is 18.8 Å². The number of imidazole rings is 1. The first-order valence-corrected chi connectivity index (χ1v) is 13.0. The van der Waals surface area contributed by atoms with Crippen molar-refractivity contribution in [3.8, 4) is 11.3 Å². The van der Waals surface area contributed by atoms with Gasteiger partial charge >= 0.3 is 0 Å². The van der Waals surface area contributed by atoms with E-state index < -0.39 is 17.5 Å². The van der Waals surface area contributed by atoms with Gasteiger partial charge in [0.25, 0.3) is 5.56 Å². The Morgan fingerprint density at radius 1 is 1.15 bits per heavy atom. The Morgan fingerprint density at radius 2 is 1.95 bits per heavy atom. The summed E-state index contributed by atoms with van der Waals surface area (Å²) in [6.45, 7) is 1.63. The lowest BCUT2D eigenvalue weighted by molar-refractivity contribution is -0.135. The highest BCUT2D eigenvalue weighted by Crippen LogP contribution is 2.26. The van der Waals surface area contributed by atoms with E-state index in [4.69, 9.17) is 0 Å². The highest BCUT2D eigenvalue weighted by molar-refractivity contribution is 7.15. The fourth-order valence-corrected chi connectivity index (χ4v) is 5.70. The predicted octanol–water partition coefficient (Wildman–Crippen LogP) is 3.38. The first-order valence-electron chi connectivity index (χ1n) is 12.2. The maximum Gasteiger partial charge on any atom is 0.264 e. The number of thiazole rings is 1. The van der Waals surface area contributed by atoms with E-state index >= 15 is 0 Å². The summed E-state index contributed by atoms with van der Waals surface area (Å²) in [6, 6.07) is 10.1. The summed E-state index contributed by atoms with van der Waals surface area (Å²) in [7, 11) is 0. The van der Waals surface area contributed by atoms with Crippen molar-refractivity contribution in [3.63, 3.8) is 0 Å². The molecular formula is C27H21FN6O4S. The number of fused-ring (bicyclic) bond motifs is 2. The summed E-state index contributed by atoms with van der Waals surface area (Å²) in [4.78, 5) is 60.6. The topological polar surface area (TPSA) is 127 Å². The van der Waals surface area contributed by atoms with Gasteiger partial charge in [0.15, 0.2) is 4.96 Å². The van der Waals surface area contributed by atoms with E-state index in [0.29, 0.717) is 27.7 Å². The largest absolute Gasteiger partial charge is 0.325 e. The van der Waals surface area contributed by atoms with E-state index in [-0.39, 0.29) is 48.0 Å². The molecule has 2 aromatic carbocycles. The van der Waals surface area contributed by atoms with Gasteiger partial charge in [0, 0.05) is 29.3 Å². The average Bonchev–Trinajstić information content (AvgIpc) is 3.47. The van der Waals surface area contributed by atoms with Crippen LogP contribution in [0.2, 0.25) is 0 Å². The third kappa shape index (κ3) is 4.48. The van der Waals surface area contributed by atoms with Crippen molar-refractivity contribution in [1.82, 2.24) is 24.3 Å². The zero-order valence-electron chi connectivity index (χ0n) is 20.6. The van der Waals surface area contributed by atoms with Gasteiger partial charge in [-0.15, -0.1) is 11.3 Å². The number of halogens is 1. The predicted molar refractivity (Wildman–Crippen MR) is 143 cm³/mol. The van der Waals surface area contributed by atoms with Crippen LogP contribution in [0.3, 0.4) is 0 Å². The van der Waals surface area contributed by atoms with Crippen LogP contribution in [0.25, 0.3) is 27.1 Å². The first-order chi connectivity index (χ1) is 18.8. The second kappa shape index (κ2) is 9.55. The van der Waals surface area contributed by atoms with Crippen molar-refractivity contribution in [2.45, 2.75) is 32.2 Å². The summed E-state index contributed by atoms with van der Waals surface area (Å²) in [5.41, 5.74) is 2.31. The molecule has 0 spiro atoms. The van der Waals surface area contributed by atoms with Crippen LogP contribution in [0, 0.1) is 12.7 Å². The SMILES string of the molecule is Cc1nc2cccc(NC(=O)Cc3csc4nc(-c5ccc(F)cc5)cn34)c2c(=O)n1C1CCC(=O)NC1=O. The molecule has 0 radical (unpaired) electrons. The maximum absolute atomic E-state index is 13.6. The number of imide groups is 1. The third-order valence-corrected chi connectivity index (χ3v) is 7.56. The van der Waals surface area contributed by atoms with Crippen LogP contribution in [0.4, 0.5) is 10.1 Å². The minimum absolute atomic E-state index is 0.0101. The number of hydrogen-bond acceptors (Lipinski definition) is 7. The Kier molecular flexibility index (Phi) is 6.03. The molecule has 1 unspecified atom stereocenters. The minimum atomic E-state index is -0.869. The number of hydrogen-bond donors (Lipinski definition) is 2. The quantitative estimate of drug-likeness (QED) is 0.327. The molecule has 4 heterocycles. The number of aromatic nitrogens is 4. The zero-order chi connectivity index (χ0) is 27.3. The Balaban J connectivity index is 1.30. The van der Waals surface area contributed by atoms with Crippen LogP contribution in [0.1, 0.15) is 30.4 Å². The molecule has 1 saturated heterocycles. The molecule has 12 heteroatoms. The molecule has 0 aliphatic carbocycles. The number of rotatable bonds is 5. The van der Waals surface area contributed by atoms with Gasteiger partial charge in [-0.05, 0) is 49.7 Å². The Morgan fingerprint density at radius 3 is 2.72 bits per heavy atom. The van der Waals surface area contributed by atoms with Gasteiger partial charge in [-0.3, -0.25) is 33.5 Å². The summed E-state index contributed by atoms with van der Waals surface area (Å²) < 4.78 is 16.4. The third-order valence-electron chi connectivity index (χ3n) is 6.67. The van der Waals surface area contributed by atoms with Crippen molar-refractivity contribution in [3.05, 3.63) is 81.7 Å². The van der Waals surface area contributed by atoms with Gasteiger partial charge in [0.2, 0.25) is 17.7 Å².